The minimum atomic E-state index is -0.544. The molecular formula is C22H22N2O4. The molecule has 6 heteroatoms. The van der Waals surface area contributed by atoms with Gasteiger partial charge < -0.3 is 9.30 Å². The highest BCUT2D eigenvalue weighted by molar-refractivity contribution is 5.89. The largest absolute Gasteiger partial charge is 0.456 e. The zero-order chi connectivity index (χ0) is 20.3. The van der Waals surface area contributed by atoms with E-state index in [0.29, 0.717) is 12.1 Å². The van der Waals surface area contributed by atoms with Gasteiger partial charge in [0.25, 0.3) is 0 Å². The third-order valence-electron chi connectivity index (χ3n) is 4.14. The number of carbonyl (C=O) groups is 1. The van der Waals surface area contributed by atoms with Crippen molar-refractivity contribution >= 4 is 22.9 Å². The molecule has 0 N–H and O–H groups in total. The first kappa shape index (κ1) is 19.4. The average Bonchev–Trinajstić information content (AvgIpc) is 2.97. The van der Waals surface area contributed by atoms with Gasteiger partial charge in [-0.15, -0.1) is 0 Å². The van der Waals surface area contributed by atoms with Crippen LogP contribution in [0.15, 0.2) is 60.8 Å². The van der Waals surface area contributed by atoms with Crippen LogP contribution in [0.1, 0.15) is 42.4 Å². The molecule has 0 aliphatic carbocycles. The molecular weight excluding hydrogens is 356 g/mol. The number of carbonyl (C=O) groups excluding carboxylic acids is 1. The molecule has 3 rings (SSSR count). The molecule has 144 valence electrons. The first-order valence-electron chi connectivity index (χ1n) is 8.95. The second-order valence-electron chi connectivity index (χ2n) is 7.51. The molecule has 0 saturated heterocycles. The molecule has 0 unspecified atom stereocenters. The van der Waals surface area contributed by atoms with Gasteiger partial charge in [-0.3, -0.25) is 10.1 Å². The molecule has 0 aliphatic rings. The van der Waals surface area contributed by atoms with Crippen molar-refractivity contribution < 1.29 is 14.5 Å². The Morgan fingerprint density at radius 1 is 1.14 bits per heavy atom. The van der Waals surface area contributed by atoms with Gasteiger partial charge in [-0.1, -0.05) is 30.3 Å². The summed E-state index contributed by atoms with van der Waals surface area (Å²) in [6, 6.07) is 17.0. The molecule has 6 nitrogen and oxygen atoms in total. The normalized spacial score (nSPS) is 11.8. The molecule has 0 bridgehead atoms. The van der Waals surface area contributed by atoms with Crippen LogP contribution in [-0.4, -0.2) is 21.1 Å². The van der Waals surface area contributed by atoms with Crippen LogP contribution in [0.3, 0.4) is 0 Å². The Bertz CT molecular complexity index is 1040. The van der Waals surface area contributed by atoms with Gasteiger partial charge in [-0.25, -0.2) is 4.79 Å². The number of aromatic nitrogens is 1. The molecule has 2 aromatic carbocycles. The summed E-state index contributed by atoms with van der Waals surface area (Å²) in [6.07, 6.45) is 2.44. The van der Waals surface area contributed by atoms with E-state index in [1.165, 1.54) is 6.08 Å². The Balaban J connectivity index is 1.89. The van der Waals surface area contributed by atoms with Gasteiger partial charge >= 0.3 is 5.97 Å². The van der Waals surface area contributed by atoms with Crippen LogP contribution in [-0.2, 0) is 11.3 Å². The van der Waals surface area contributed by atoms with Crippen molar-refractivity contribution in [2.45, 2.75) is 32.9 Å². The van der Waals surface area contributed by atoms with E-state index in [1.54, 1.807) is 12.1 Å². The quantitative estimate of drug-likeness (QED) is 0.360. The number of hydrogen-bond donors (Lipinski definition) is 0. The van der Waals surface area contributed by atoms with Crippen molar-refractivity contribution in [2.24, 2.45) is 0 Å². The van der Waals surface area contributed by atoms with E-state index in [2.05, 4.69) is 0 Å². The fourth-order valence-electron chi connectivity index (χ4n) is 2.95. The molecule has 28 heavy (non-hydrogen) atoms. The van der Waals surface area contributed by atoms with Crippen LogP contribution in [0.25, 0.3) is 17.0 Å². The number of fused-ring (bicyclic) bond motifs is 1. The van der Waals surface area contributed by atoms with Crippen molar-refractivity contribution in [2.75, 3.05) is 0 Å². The Kier molecular flexibility index (Phi) is 5.31. The number of nitrogens with zero attached hydrogens (tertiary/aromatic N) is 2. The highest BCUT2D eigenvalue weighted by Crippen LogP contribution is 2.23. The van der Waals surface area contributed by atoms with E-state index in [-0.39, 0.29) is 5.97 Å². The number of esters is 1. The van der Waals surface area contributed by atoms with Crippen molar-refractivity contribution in [3.63, 3.8) is 0 Å². The SMILES string of the molecule is CC(C)(C)OC(=O)c1ccc(Cn2c(/C=C/[N+](=O)[O-])cc3ccccc32)cc1. The van der Waals surface area contributed by atoms with E-state index in [1.807, 2.05) is 67.8 Å². The van der Waals surface area contributed by atoms with E-state index >= 15 is 0 Å². The van der Waals surface area contributed by atoms with Gasteiger partial charge in [0, 0.05) is 29.2 Å². The van der Waals surface area contributed by atoms with Crippen LogP contribution >= 0.6 is 0 Å². The Hall–Kier alpha value is -3.41. The summed E-state index contributed by atoms with van der Waals surface area (Å²) in [5, 5.41) is 11.7. The standard InChI is InChI=1S/C22H22N2O4/c1-22(2,3)28-21(25)17-10-8-16(9-11-17)15-23-19(12-13-24(26)27)14-18-6-4-5-7-20(18)23/h4-14H,15H2,1-3H3/b13-12+. The highest BCUT2D eigenvalue weighted by Gasteiger charge is 2.17. The number of para-hydroxylation sites is 1. The first-order chi connectivity index (χ1) is 13.2. The van der Waals surface area contributed by atoms with E-state index in [0.717, 1.165) is 28.4 Å². The van der Waals surface area contributed by atoms with Gasteiger partial charge in [-0.05, 0) is 50.6 Å². The fourth-order valence-corrected chi connectivity index (χ4v) is 2.95. The minimum absolute atomic E-state index is 0.361. The smallest absolute Gasteiger partial charge is 0.338 e. The zero-order valence-corrected chi connectivity index (χ0v) is 16.1. The van der Waals surface area contributed by atoms with Crippen molar-refractivity contribution in [1.29, 1.82) is 0 Å². The summed E-state index contributed by atoms with van der Waals surface area (Å²) < 4.78 is 7.40. The first-order valence-corrected chi connectivity index (χ1v) is 8.95. The summed E-state index contributed by atoms with van der Waals surface area (Å²) in [4.78, 5) is 22.4. The van der Waals surface area contributed by atoms with Crippen molar-refractivity contribution in [3.05, 3.63) is 87.7 Å². The Morgan fingerprint density at radius 2 is 1.82 bits per heavy atom. The lowest BCUT2D eigenvalue weighted by molar-refractivity contribution is -0.401. The van der Waals surface area contributed by atoms with E-state index < -0.39 is 10.5 Å². The number of hydrogen-bond acceptors (Lipinski definition) is 4. The van der Waals surface area contributed by atoms with Crippen LogP contribution in [0.5, 0.6) is 0 Å². The molecule has 1 heterocycles. The lowest BCUT2D eigenvalue weighted by Gasteiger charge is -2.19. The molecule has 0 amide bonds. The molecule has 0 aliphatic heterocycles. The lowest BCUT2D eigenvalue weighted by atomic mass is 10.1. The van der Waals surface area contributed by atoms with Crippen LogP contribution in [0, 0.1) is 10.1 Å². The topological polar surface area (TPSA) is 74.4 Å². The molecule has 0 saturated carbocycles. The fraction of sp³-hybridized carbons (Fsp3) is 0.227. The van der Waals surface area contributed by atoms with Gasteiger partial charge in [-0.2, -0.15) is 0 Å². The van der Waals surface area contributed by atoms with Crippen LogP contribution in [0.4, 0.5) is 0 Å². The van der Waals surface area contributed by atoms with Crippen LogP contribution in [0.2, 0.25) is 0 Å². The second kappa shape index (κ2) is 7.68. The lowest BCUT2D eigenvalue weighted by Crippen LogP contribution is -2.23. The number of nitro groups is 1. The third-order valence-corrected chi connectivity index (χ3v) is 4.14. The predicted octanol–water partition coefficient (Wildman–Crippen LogP) is 4.89. The number of benzene rings is 2. The molecule has 0 atom stereocenters. The van der Waals surface area contributed by atoms with Gasteiger partial charge in [0.2, 0.25) is 6.20 Å². The van der Waals surface area contributed by atoms with Gasteiger partial charge in [0.1, 0.15) is 5.60 Å². The molecule has 1 aromatic heterocycles. The van der Waals surface area contributed by atoms with Gasteiger partial charge in [0.05, 0.1) is 10.5 Å². The zero-order valence-electron chi connectivity index (χ0n) is 16.1. The maximum absolute atomic E-state index is 12.2. The Morgan fingerprint density at radius 3 is 2.46 bits per heavy atom. The minimum Gasteiger partial charge on any atom is -0.456 e. The van der Waals surface area contributed by atoms with E-state index in [9.17, 15) is 14.9 Å². The predicted molar refractivity (Wildman–Crippen MR) is 109 cm³/mol. The Labute approximate surface area is 163 Å². The summed E-state index contributed by atoms with van der Waals surface area (Å²) in [6.45, 7) is 6.02. The van der Waals surface area contributed by atoms with Crippen molar-refractivity contribution in [1.82, 2.24) is 4.57 Å². The van der Waals surface area contributed by atoms with E-state index in [4.69, 9.17) is 4.74 Å². The van der Waals surface area contributed by atoms with Gasteiger partial charge in [0.15, 0.2) is 0 Å². The third kappa shape index (κ3) is 4.65. The molecule has 0 spiro atoms. The summed E-state index contributed by atoms with van der Waals surface area (Å²) in [7, 11) is 0. The van der Waals surface area contributed by atoms with Crippen molar-refractivity contribution in [3.8, 4) is 0 Å². The maximum Gasteiger partial charge on any atom is 0.338 e. The van der Waals surface area contributed by atoms with Crippen LogP contribution < -0.4 is 0 Å². The highest BCUT2D eigenvalue weighted by atomic mass is 16.6. The number of rotatable bonds is 5. The number of ether oxygens (including phenoxy) is 1. The molecule has 0 fully saturated rings. The monoisotopic (exact) mass is 378 g/mol. The summed E-state index contributed by atoms with van der Waals surface area (Å²) in [5.41, 5.74) is 2.66. The molecule has 0 radical (unpaired) electrons. The summed E-state index contributed by atoms with van der Waals surface area (Å²) >= 11 is 0. The second-order valence-corrected chi connectivity index (χ2v) is 7.51. The average molecular weight is 378 g/mol. The maximum atomic E-state index is 12.2. The molecule has 3 aromatic rings. The summed E-state index contributed by atoms with van der Waals surface area (Å²) in [5.74, 6) is -0.361.